The predicted molar refractivity (Wildman–Crippen MR) is 81.9 cm³/mol. The van der Waals surface area contributed by atoms with Gasteiger partial charge in [-0.3, -0.25) is 0 Å². The highest BCUT2D eigenvalue weighted by Crippen LogP contribution is 2.20. The van der Waals surface area contributed by atoms with Crippen LogP contribution in [0.1, 0.15) is 39.2 Å². The molecule has 0 bridgehead atoms. The molecule has 1 N–H and O–H groups in total. The van der Waals surface area contributed by atoms with Gasteiger partial charge >= 0.3 is 6.09 Å². The minimum atomic E-state index is -0.485. The summed E-state index contributed by atoms with van der Waals surface area (Å²) in [6.07, 6.45) is -0.394. The summed E-state index contributed by atoms with van der Waals surface area (Å²) in [7, 11) is 0. The van der Waals surface area contributed by atoms with Crippen molar-refractivity contribution in [3.8, 4) is 0 Å². The monoisotopic (exact) mass is 281 g/mol. The molecule has 1 amide bonds. The molecule has 0 heterocycles. The van der Waals surface area contributed by atoms with Gasteiger partial charge < -0.3 is 10.1 Å². The molecule has 1 rings (SSSR count). The summed E-state index contributed by atoms with van der Waals surface area (Å²) in [6, 6.07) is 10.0. The van der Waals surface area contributed by atoms with E-state index < -0.39 is 11.7 Å². The van der Waals surface area contributed by atoms with E-state index in [1.54, 1.807) is 0 Å². The van der Waals surface area contributed by atoms with Crippen molar-refractivity contribution in [1.82, 2.24) is 5.32 Å². The molecule has 0 radical (unpaired) electrons. The first-order chi connectivity index (χ1) is 8.83. The van der Waals surface area contributed by atoms with Crippen molar-refractivity contribution >= 4 is 18.7 Å². The van der Waals surface area contributed by atoms with Crippen LogP contribution in [0.3, 0.4) is 0 Å². The Labute approximate surface area is 121 Å². The highest BCUT2D eigenvalue weighted by molar-refractivity contribution is 7.80. The molecule has 0 saturated carbocycles. The second kappa shape index (κ2) is 6.85. The maximum atomic E-state index is 11.8. The number of carbonyl (C=O) groups is 1. The minimum Gasteiger partial charge on any atom is -0.444 e. The van der Waals surface area contributed by atoms with Crippen molar-refractivity contribution in [1.29, 1.82) is 0 Å². The van der Waals surface area contributed by atoms with Crippen LogP contribution in [-0.4, -0.2) is 23.5 Å². The largest absolute Gasteiger partial charge is 0.444 e. The van der Waals surface area contributed by atoms with Crippen molar-refractivity contribution < 1.29 is 9.53 Å². The molecule has 19 heavy (non-hydrogen) atoms. The van der Waals surface area contributed by atoms with Crippen LogP contribution in [0.4, 0.5) is 4.79 Å². The third-order valence-corrected chi connectivity index (χ3v) is 3.22. The molecule has 0 spiro atoms. The van der Waals surface area contributed by atoms with E-state index in [1.807, 2.05) is 39.0 Å². The van der Waals surface area contributed by atoms with Gasteiger partial charge in [0.25, 0.3) is 0 Å². The molecular weight excluding hydrogens is 258 g/mol. The molecule has 2 atom stereocenters. The molecule has 0 saturated heterocycles. The van der Waals surface area contributed by atoms with Crippen molar-refractivity contribution in [2.45, 2.75) is 45.3 Å². The Bertz CT molecular complexity index is 400. The van der Waals surface area contributed by atoms with E-state index in [-0.39, 0.29) is 12.0 Å². The summed E-state index contributed by atoms with van der Waals surface area (Å²) >= 11 is 4.32. The van der Waals surface area contributed by atoms with Crippen LogP contribution in [0.15, 0.2) is 30.3 Å². The Hall–Kier alpha value is -1.16. The maximum Gasteiger partial charge on any atom is 0.407 e. The fourth-order valence-electron chi connectivity index (χ4n) is 1.78. The van der Waals surface area contributed by atoms with Gasteiger partial charge in [-0.2, -0.15) is 12.6 Å². The van der Waals surface area contributed by atoms with E-state index in [0.29, 0.717) is 5.75 Å². The number of hydrogen-bond acceptors (Lipinski definition) is 3. The topological polar surface area (TPSA) is 38.3 Å². The van der Waals surface area contributed by atoms with Crippen molar-refractivity contribution in [3.05, 3.63) is 35.9 Å². The summed E-state index contributed by atoms with van der Waals surface area (Å²) in [4.78, 5) is 11.8. The standard InChI is InChI=1S/C15H23NO2S/c1-11(12-8-6-5-7-9-12)13(10-19)16-14(17)18-15(2,3)4/h5-9,11,13,19H,10H2,1-4H3,(H,16,17). The van der Waals surface area contributed by atoms with Gasteiger partial charge in [0.2, 0.25) is 0 Å². The van der Waals surface area contributed by atoms with Crippen molar-refractivity contribution in [2.75, 3.05) is 5.75 Å². The van der Waals surface area contributed by atoms with Gasteiger partial charge in [-0.25, -0.2) is 4.79 Å². The van der Waals surface area contributed by atoms with E-state index in [1.165, 1.54) is 5.56 Å². The second-order valence-electron chi connectivity index (χ2n) is 5.63. The number of carbonyl (C=O) groups excluding carboxylic acids is 1. The number of ether oxygens (including phenoxy) is 1. The predicted octanol–water partition coefficient (Wildman–Crippen LogP) is 3.61. The summed E-state index contributed by atoms with van der Waals surface area (Å²) in [5.74, 6) is 0.751. The Morgan fingerprint density at radius 3 is 2.37 bits per heavy atom. The summed E-state index contributed by atoms with van der Waals surface area (Å²) < 4.78 is 5.27. The fraction of sp³-hybridized carbons (Fsp3) is 0.533. The van der Waals surface area contributed by atoms with Crippen LogP contribution < -0.4 is 5.32 Å². The molecule has 0 aliphatic carbocycles. The Kier molecular flexibility index (Phi) is 5.73. The maximum absolute atomic E-state index is 11.8. The average molecular weight is 281 g/mol. The Morgan fingerprint density at radius 1 is 1.32 bits per heavy atom. The van der Waals surface area contributed by atoms with Crippen LogP contribution in [0, 0.1) is 0 Å². The zero-order valence-electron chi connectivity index (χ0n) is 12.0. The van der Waals surface area contributed by atoms with E-state index in [2.05, 4.69) is 37.0 Å². The van der Waals surface area contributed by atoms with E-state index in [4.69, 9.17) is 4.74 Å². The third kappa shape index (κ3) is 5.55. The first-order valence-electron chi connectivity index (χ1n) is 6.49. The van der Waals surface area contributed by atoms with Gasteiger partial charge in [-0.15, -0.1) is 0 Å². The quantitative estimate of drug-likeness (QED) is 0.827. The van der Waals surface area contributed by atoms with Crippen LogP contribution in [0.25, 0.3) is 0 Å². The molecule has 0 aliphatic heterocycles. The number of thiol groups is 1. The van der Waals surface area contributed by atoms with Crippen molar-refractivity contribution in [3.63, 3.8) is 0 Å². The van der Waals surface area contributed by atoms with Gasteiger partial charge in [-0.05, 0) is 26.3 Å². The fourth-order valence-corrected chi connectivity index (χ4v) is 2.18. The molecule has 0 fully saturated rings. The summed E-state index contributed by atoms with van der Waals surface area (Å²) in [6.45, 7) is 7.63. The molecule has 1 aromatic carbocycles. The van der Waals surface area contributed by atoms with Crippen molar-refractivity contribution in [2.24, 2.45) is 0 Å². The Morgan fingerprint density at radius 2 is 1.89 bits per heavy atom. The number of rotatable bonds is 4. The summed E-state index contributed by atoms with van der Waals surface area (Å²) in [5.41, 5.74) is 0.693. The number of hydrogen-bond donors (Lipinski definition) is 2. The van der Waals surface area contributed by atoms with Gasteiger partial charge in [-0.1, -0.05) is 37.3 Å². The van der Waals surface area contributed by atoms with Gasteiger partial charge in [0, 0.05) is 17.7 Å². The number of alkyl carbamates (subject to hydrolysis) is 1. The van der Waals surface area contributed by atoms with Crippen LogP contribution in [0.2, 0.25) is 0 Å². The second-order valence-corrected chi connectivity index (χ2v) is 6.00. The smallest absolute Gasteiger partial charge is 0.407 e. The first-order valence-corrected chi connectivity index (χ1v) is 7.12. The molecule has 4 heteroatoms. The number of nitrogens with one attached hydrogen (secondary N) is 1. The molecule has 106 valence electrons. The summed E-state index contributed by atoms with van der Waals surface area (Å²) in [5, 5.41) is 2.88. The molecule has 0 aromatic heterocycles. The molecule has 3 nitrogen and oxygen atoms in total. The SMILES string of the molecule is CC(c1ccccc1)C(CS)NC(=O)OC(C)(C)C. The molecule has 2 unspecified atom stereocenters. The average Bonchev–Trinajstić information content (AvgIpc) is 2.34. The lowest BCUT2D eigenvalue weighted by Gasteiger charge is -2.26. The highest BCUT2D eigenvalue weighted by Gasteiger charge is 2.23. The first kappa shape index (κ1) is 15.9. The Balaban J connectivity index is 2.66. The lowest BCUT2D eigenvalue weighted by Crippen LogP contribution is -2.42. The number of amides is 1. The lowest BCUT2D eigenvalue weighted by molar-refractivity contribution is 0.0504. The van der Waals surface area contributed by atoms with E-state index in [0.717, 1.165) is 0 Å². The number of benzene rings is 1. The van der Waals surface area contributed by atoms with Crippen LogP contribution >= 0.6 is 12.6 Å². The van der Waals surface area contributed by atoms with Crippen LogP contribution in [-0.2, 0) is 4.74 Å². The normalized spacial score (nSPS) is 14.6. The van der Waals surface area contributed by atoms with E-state index >= 15 is 0 Å². The van der Waals surface area contributed by atoms with E-state index in [9.17, 15) is 4.79 Å². The minimum absolute atomic E-state index is 0.0550. The van der Waals surface area contributed by atoms with Crippen LogP contribution in [0.5, 0.6) is 0 Å². The highest BCUT2D eigenvalue weighted by atomic mass is 32.1. The zero-order chi connectivity index (χ0) is 14.5. The molecule has 0 aliphatic rings. The zero-order valence-corrected chi connectivity index (χ0v) is 12.9. The van der Waals surface area contributed by atoms with Gasteiger partial charge in [0.1, 0.15) is 5.60 Å². The van der Waals surface area contributed by atoms with Gasteiger partial charge in [0.05, 0.1) is 0 Å². The lowest BCUT2D eigenvalue weighted by atomic mass is 9.94. The molecule has 1 aromatic rings. The molecular formula is C15H23NO2S. The van der Waals surface area contributed by atoms with Gasteiger partial charge in [0.15, 0.2) is 0 Å². The third-order valence-electron chi connectivity index (χ3n) is 2.83.